The van der Waals surface area contributed by atoms with Crippen molar-refractivity contribution in [3.63, 3.8) is 0 Å². The summed E-state index contributed by atoms with van der Waals surface area (Å²) in [5.74, 6) is -0.893. The van der Waals surface area contributed by atoms with Crippen molar-refractivity contribution >= 4 is 19.8 Å². The zero-order chi connectivity index (χ0) is 37.5. The van der Waals surface area contributed by atoms with E-state index >= 15 is 0 Å². The van der Waals surface area contributed by atoms with Crippen molar-refractivity contribution in [2.24, 2.45) is 0 Å². The average molecular weight is 731 g/mol. The third kappa shape index (κ3) is 36.6. The first-order valence-electron chi connectivity index (χ1n) is 18.9. The Morgan fingerprint density at radius 2 is 0.941 bits per heavy atom. The van der Waals surface area contributed by atoms with Gasteiger partial charge in [0.25, 0.3) is 0 Å². The molecular formula is C42H67O8P. The summed E-state index contributed by atoms with van der Waals surface area (Å²) < 4.78 is 31.8. The van der Waals surface area contributed by atoms with Crippen molar-refractivity contribution in [1.29, 1.82) is 0 Å². The first-order chi connectivity index (χ1) is 24.8. The fourth-order valence-electron chi connectivity index (χ4n) is 4.46. The standard InChI is InChI=1S/C42H67O8P/c1-4-6-8-10-12-14-16-18-20-21-23-25-27-29-31-33-35-37-42(44)50-40(39-49-51(45,46)47-3)38-48-41(43)36-34-32-30-28-26-24-22-19-17-15-13-11-9-7-5-2/h6-9,12-15,18-20,22-23,25-26,28,40H,4-5,10-11,16-17,21,24,27,29-39H2,1-3H3,(H,45,46)/b8-6-,9-7-,14-12-,15-13-,20-18-,22-19-,25-23-,28-26-. The van der Waals surface area contributed by atoms with E-state index in [1.807, 2.05) is 0 Å². The Morgan fingerprint density at radius 3 is 1.41 bits per heavy atom. The predicted octanol–water partition coefficient (Wildman–Crippen LogP) is 11.7. The summed E-state index contributed by atoms with van der Waals surface area (Å²) in [7, 11) is -3.24. The number of hydrogen-bond donors (Lipinski definition) is 1. The summed E-state index contributed by atoms with van der Waals surface area (Å²) >= 11 is 0. The molecule has 0 rings (SSSR count). The van der Waals surface area contributed by atoms with E-state index in [1.165, 1.54) is 0 Å². The zero-order valence-corrected chi connectivity index (χ0v) is 32.6. The molecule has 1 N–H and O–H groups in total. The topological polar surface area (TPSA) is 108 Å². The van der Waals surface area contributed by atoms with Crippen LogP contribution in [0.25, 0.3) is 0 Å². The van der Waals surface area contributed by atoms with Gasteiger partial charge in [-0.15, -0.1) is 0 Å². The van der Waals surface area contributed by atoms with Crippen molar-refractivity contribution < 1.29 is 37.6 Å². The molecule has 0 heterocycles. The molecule has 0 aromatic heterocycles. The third-order valence-corrected chi connectivity index (χ3v) is 8.26. The second kappa shape index (κ2) is 36.8. The zero-order valence-electron chi connectivity index (χ0n) is 31.7. The Labute approximate surface area is 309 Å². The predicted molar refractivity (Wildman–Crippen MR) is 211 cm³/mol. The normalized spacial score (nSPS) is 14.5. The molecule has 51 heavy (non-hydrogen) atoms. The summed E-state index contributed by atoms with van der Waals surface area (Å²) in [6.45, 7) is 3.57. The van der Waals surface area contributed by atoms with Gasteiger partial charge in [0, 0.05) is 20.0 Å². The molecule has 0 amide bonds. The molecule has 0 saturated carbocycles. The molecule has 0 spiro atoms. The molecular weight excluding hydrogens is 663 g/mol. The second-order valence-electron chi connectivity index (χ2n) is 11.9. The van der Waals surface area contributed by atoms with Gasteiger partial charge in [0.2, 0.25) is 0 Å². The average Bonchev–Trinajstić information content (AvgIpc) is 3.12. The Balaban J connectivity index is 4.21. The largest absolute Gasteiger partial charge is 0.472 e. The number of phosphoric acid groups is 1. The van der Waals surface area contributed by atoms with Gasteiger partial charge in [0.1, 0.15) is 6.61 Å². The van der Waals surface area contributed by atoms with E-state index in [-0.39, 0.29) is 19.4 Å². The van der Waals surface area contributed by atoms with E-state index in [0.717, 1.165) is 97.0 Å². The highest BCUT2D eigenvalue weighted by molar-refractivity contribution is 7.47. The summed E-state index contributed by atoms with van der Waals surface area (Å²) in [6.07, 6.45) is 48.9. The number of unbranched alkanes of at least 4 members (excludes halogenated alkanes) is 6. The smallest absolute Gasteiger partial charge is 0.462 e. The first-order valence-corrected chi connectivity index (χ1v) is 20.4. The minimum absolute atomic E-state index is 0.201. The van der Waals surface area contributed by atoms with Crippen LogP contribution in [0.1, 0.15) is 129 Å². The monoisotopic (exact) mass is 730 g/mol. The van der Waals surface area contributed by atoms with Crippen LogP contribution < -0.4 is 0 Å². The number of carbonyl (C=O) groups is 2. The maximum absolute atomic E-state index is 12.5. The molecule has 0 aromatic carbocycles. The lowest BCUT2D eigenvalue weighted by molar-refractivity contribution is -0.161. The van der Waals surface area contributed by atoms with Crippen LogP contribution in [0.5, 0.6) is 0 Å². The van der Waals surface area contributed by atoms with Crippen LogP contribution in [0.15, 0.2) is 97.2 Å². The van der Waals surface area contributed by atoms with Crippen molar-refractivity contribution in [2.45, 2.75) is 136 Å². The molecule has 2 atom stereocenters. The fraction of sp³-hybridized carbons (Fsp3) is 0.571. The number of esters is 2. The molecule has 0 bridgehead atoms. The number of phosphoric ester groups is 1. The van der Waals surface area contributed by atoms with Crippen molar-refractivity contribution in [3.05, 3.63) is 97.2 Å². The van der Waals surface area contributed by atoms with Crippen LogP contribution in [0.4, 0.5) is 0 Å². The summed E-state index contributed by atoms with van der Waals surface area (Å²) in [5, 5.41) is 0. The van der Waals surface area contributed by atoms with Crippen molar-refractivity contribution in [1.82, 2.24) is 0 Å². The lowest BCUT2D eigenvalue weighted by atomic mass is 10.1. The minimum atomic E-state index is -4.28. The summed E-state index contributed by atoms with van der Waals surface area (Å²) in [4.78, 5) is 34.3. The van der Waals surface area contributed by atoms with E-state index in [4.69, 9.17) is 14.0 Å². The molecule has 0 saturated heterocycles. The van der Waals surface area contributed by atoms with Gasteiger partial charge in [0.15, 0.2) is 6.10 Å². The van der Waals surface area contributed by atoms with Gasteiger partial charge in [-0.1, -0.05) is 124 Å². The molecule has 9 heteroatoms. The van der Waals surface area contributed by atoms with E-state index in [0.29, 0.717) is 12.8 Å². The lowest BCUT2D eigenvalue weighted by Gasteiger charge is -2.19. The summed E-state index contributed by atoms with van der Waals surface area (Å²) in [6, 6.07) is 0. The molecule has 8 nitrogen and oxygen atoms in total. The maximum Gasteiger partial charge on any atom is 0.472 e. The Bertz CT molecular complexity index is 1150. The molecule has 0 fully saturated rings. The van der Waals surface area contributed by atoms with Crippen molar-refractivity contribution in [3.8, 4) is 0 Å². The molecule has 0 aliphatic rings. The Morgan fingerprint density at radius 1 is 0.549 bits per heavy atom. The SMILES string of the molecule is CC/C=C\C/C=C\C/C=C\C/C=C\CCCCCCC(=O)OC(COC(=O)CCCC/C=C\C/C=C\C/C=C\C/C=C\CC)COP(=O)(O)OC. The number of rotatable bonds is 33. The van der Waals surface area contributed by atoms with Gasteiger partial charge in [0.05, 0.1) is 6.61 Å². The van der Waals surface area contributed by atoms with E-state index in [2.05, 4.69) is 116 Å². The lowest BCUT2D eigenvalue weighted by Crippen LogP contribution is -2.29. The molecule has 0 aromatic rings. The van der Waals surface area contributed by atoms with Gasteiger partial charge in [-0.25, -0.2) is 4.57 Å². The first kappa shape index (κ1) is 48.0. The molecule has 0 aliphatic carbocycles. The number of ether oxygens (including phenoxy) is 2. The minimum Gasteiger partial charge on any atom is -0.462 e. The van der Waals surface area contributed by atoms with E-state index < -0.39 is 32.5 Å². The third-order valence-electron chi connectivity index (χ3n) is 7.32. The van der Waals surface area contributed by atoms with E-state index in [1.54, 1.807) is 0 Å². The second-order valence-corrected chi connectivity index (χ2v) is 13.5. The molecule has 2 unspecified atom stereocenters. The van der Waals surface area contributed by atoms with E-state index in [9.17, 15) is 19.0 Å². The Hall–Kier alpha value is -3.03. The van der Waals surface area contributed by atoms with Gasteiger partial charge >= 0.3 is 19.8 Å². The Kier molecular flexibility index (Phi) is 34.6. The molecule has 288 valence electrons. The molecule has 0 radical (unpaired) electrons. The van der Waals surface area contributed by atoms with Crippen LogP contribution in [-0.2, 0) is 32.7 Å². The highest BCUT2D eigenvalue weighted by Gasteiger charge is 2.24. The summed E-state index contributed by atoms with van der Waals surface area (Å²) in [5.41, 5.74) is 0. The van der Waals surface area contributed by atoms with Crippen LogP contribution >= 0.6 is 7.82 Å². The number of hydrogen-bond acceptors (Lipinski definition) is 7. The van der Waals surface area contributed by atoms with Gasteiger partial charge < -0.3 is 14.4 Å². The van der Waals surface area contributed by atoms with Crippen LogP contribution in [0.3, 0.4) is 0 Å². The van der Waals surface area contributed by atoms with Crippen LogP contribution in [0, 0.1) is 0 Å². The number of allylic oxidation sites excluding steroid dienone is 16. The highest BCUT2D eigenvalue weighted by Crippen LogP contribution is 2.42. The van der Waals surface area contributed by atoms with Crippen molar-refractivity contribution in [2.75, 3.05) is 20.3 Å². The van der Waals surface area contributed by atoms with Gasteiger partial charge in [-0.05, 0) is 89.9 Å². The van der Waals surface area contributed by atoms with Gasteiger partial charge in [-0.2, -0.15) is 0 Å². The highest BCUT2D eigenvalue weighted by atomic mass is 31.2. The maximum atomic E-state index is 12.5. The quantitative estimate of drug-likeness (QED) is 0.0308. The van der Waals surface area contributed by atoms with Crippen LogP contribution in [-0.4, -0.2) is 43.3 Å². The fourth-order valence-corrected chi connectivity index (χ4v) is 4.92. The number of carbonyl (C=O) groups excluding carboxylic acids is 2. The molecule has 0 aliphatic heterocycles. The van der Waals surface area contributed by atoms with Crippen LogP contribution in [0.2, 0.25) is 0 Å². The van der Waals surface area contributed by atoms with Gasteiger partial charge in [-0.3, -0.25) is 18.6 Å².